The smallest absolute Gasteiger partial charge is 0.341 e. The molecule has 1 N–H and O–H groups in total. The van der Waals surface area contributed by atoms with Gasteiger partial charge in [-0.2, -0.15) is 0 Å². The lowest BCUT2D eigenvalue weighted by Crippen LogP contribution is -2.31. The molecule has 1 aromatic carbocycles. The predicted molar refractivity (Wildman–Crippen MR) is 105 cm³/mol. The Labute approximate surface area is 166 Å². The zero-order chi connectivity index (χ0) is 20.3. The zero-order valence-corrected chi connectivity index (χ0v) is 16.4. The van der Waals surface area contributed by atoms with Crippen molar-refractivity contribution >= 4 is 40.0 Å². The third-order valence-corrected chi connectivity index (χ3v) is 5.23. The number of hydrogen-bond acceptors (Lipinski definition) is 6. The Hall–Kier alpha value is -3.00. The molecule has 2 aromatic rings. The van der Waals surface area contributed by atoms with Gasteiger partial charge in [0.05, 0.1) is 23.3 Å². The molecule has 0 atom stereocenters. The lowest BCUT2D eigenvalue weighted by Gasteiger charge is -2.13. The number of esters is 1. The number of anilines is 1. The first-order valence-electron chi connectivity index (χ1n) is 8.95. The molecule has 1 aromatic heterocycles. The van der Waals surface area contributed by atoms with E-state index >= 15 is 0 Å². The summed E-state index contributed by atoms with van der Waals surface area (Å²) in [7, 11) is 0. The van der Waals surface area contributed by atoms with Crippen LogP contribution in [0.3, 0.4) is 0 Å². The molecular formula is C20H20N2O5S. The summed E-state index contributed by atoms with van der Waals surface area (Å²) in [6.07, 6.45) is 0.447. The van der Waals surface area contributed by atoms with Crippen LogP contribution in [-0.4, -0.2) is 41.7 Å². The van der Waals surface area contributed by atoms with E-state index in [1.807, 2.05) is 6.92 Å². The third-order valence-electron chi connectivity index (χ3n) is 4.27. The number of carbonyl (C=O) groups excluding carboxylic acids is 4. The molecule has 146 valence electrons. The third kappa shape index (κ3) is 3.96. The Kier molecular flexibility index (Phi) is 5.89. The highest BCUT2D eigenvalue weighted by Crippen LogP contribution is 2.28. The Balaban J connectivity index is 1.56. The van der Waals surface area contributed by atoms with Gasteiger partial charge in [-0.05, 0) is 38.5 Å². The quantitative estimate of drug-likeness (QED) is 0.569. The van der Waals surface area contributed by atoms with Gasteiger partial charge in [-0.1, -0.05) is 12.1 Å². The Morgan fingerprint density at radius 1 is 1.14 bits per heavy atom. The standard InChI is InChI=1S/C20H20N2O5S/c1-3-27-20(26)15-11-12(2)28-17(15)21-16(23)9-6-10-22-18(24)13-7-4-5-8-14(13)19(22)25/h4-5,7-8,11H,3,6,9-10H2,1-2H3,(H,21,23). The first-order valence-corrected chi connectivity index (χ1v) is 9.76. The van der Waals surface area contributed by atoms with Crippen molar-refractivity contribution in [3.63, 3.8) is 0 Å². The molecule has 8 heteroatoms. The number of fused-ring (bicyclic) bond motifs is 1. The van der Waals surface area contributed by atoms with E-state index in [9.17, 15) is 19.2 Å². The van der Waals surface area contributed by atoms with Gasteiger partial charge in [-0.25, -0.2) is 4.79 Å². The second-order valence-electron chi connectivity index (χ2n) is 6.28. The number of nitrogens with zero attached hydrogens (tertiary/aromatic N) is 1. The van der Waals surface area contributed by atoms with Gasteiger partial charge in [-0.3, -0.25) is 19.3 Å². The van der Waals surface area contributed by atoms with Gasteiger partial charge in [0.15, 0.2) is 0 Å². The molecule has 0 spiro atoms. The van der Waals surface area contributed by atoms with Crippen molar-refractivity contribution < 1.29 is 23.9 Å². The van der Waals surface area contributed by atoms with Crippen molar-refractivity contribution in [1.29, 1.82) is 0 Å². The van der Waals surface area contributed by atoms with Crippen LogP contribution in [-0.2, 0) is 9.53 Å². The summed E-state index contributed by atoms with van der Waals surface area (Å²) in [6, 6.07) is 8.35. The molecule has 1 aliphatic rings. The van der Waals surface area contributed by atoms with Crippen molar-refractivity contribution in [2.45, 2.75) is 26.7 Å². The average Bonchev–Trinajstić information content (AvgIpc) is 3.15. The summed E-state index contributed by atoms with van der Waals surface area (Å²) >= 11 is 1.30. The number of nitrogens with one attached hydrogen (secondary N) is 1. The highest BCUT2D eigenvalue weighted by Gasteiger charge is 2.34. The highest BCUT2D eigenvalue weighted by atomic mass is 32.1. The largest absolute Gasteiger partial charge is 0.462 e. The van der Waals surface area contributed by atoms with Crippen LogP contribution >= 0.6 is 11.3 Å². The summed E-state index contributed by atoms with van der Waals surface area (Å²) in [5.74, 6) is -1.43. The summed E-state index contributed by atoms with van der Waals surface area (Å²) in [4.78, 5) is 50.9. The molecule has 3 amide bonds. The molecular weight excluding hydrogens is 380 g/mol. The van der Waals surface area contributed by atoms with Crippen LogP contribution in [0.1, 0.15) is 55.7 Å². The normalized spacial score (nSPS) is 12.9. The topological polar surface area (TPSA) is 92.8 Å². The van der Waals surface area contributed by atoms with E-state index in [2.05, 4.69) is 5.32 Å². The summed E-state index contributed by atoms with van der Waals surface area (Å²) in [5, 5.41) is 3.17. The molecule has 3 rings (SSSR count). The van der Waals surface area contributed by atoms with Crippen LogP contribution in [0.4, 0.5) is 5.00 Å². The number of imide groups is 1. The van der Waals surface area contributed by atoms with Gasteiger partial charge in [0.1, 0.15) is 5.00 Å². The van der Waals surface area contributed by atoms with Gasteiger partial charge < -0.3 is 10.1 Å². The van der Waals surface area contributed by atoms with Gasteiger partial charge in [-0.15, -0.1) is 11.3 Å². The number of amides is 3. The zero-order valence-electron chi connectivity index (χ0n) is 15.6. The lowest BCUT2D eigenvalue weighted by atomic mass is 10.1. The Morgan fingerprint density at radius 3 is 2.39 bits per heavy atom. The molecule has 0 saturated heterocycles. The number of thiophene rings is 1. The molecule has 0 fully saturated rings. The first-order chi connectivity index (χ1) is 13.4. The van der Waals surface area contributed by atoms with Crippen LogP contribution in [0.15, 0.2) is 30.3 Å². The SMILES string of the molecule is CCOC(=O)c1cc(C)sc1NC(=O)CCCN1C(=O)c2ccccc2C1=O. The van der Waals surface area contributed by atoms with Crippen molar-refractivity contribution in [2.24, 2.45) is 0 Å². The maximum Gasteiger partial charge on any atom is 0.341 e. The Morgan fingerprint density at radius 2 is 1.79 bits per heavy atom. The lowest BCUT2D eigenvalue weighted by molar-refractivity contribution is -0.116. The number of ether oxygens (including phenoxy) is 1. The number of benzene rings is 1. The number of rotatable bonds is 7. The maximum absolute atomic E-state index is 12.3. The van der Waals surface area contributed by atoms with E-state index in [1.54, 1.807) is 37.3 Å². The molecule has 0 unspecified atom stereocenters. The average molecular weight is 400 g/mol. The van der Waals surface area contributed by atoms with E-state index < -0.39 is 5.97 Å². The second-order valence-corrected chi connectivity index (χ2v) is 7.54. The minimum atomic E-state index is -0.479. The molecule has 7 nitrogen and oxygen atoms in total. The Bertz CT molecular complexity index is 915. The summed E-state index contributed by atoms with van der Waals surface area (Å²) in [6.45, 7) is 3.97. The minimum absolute atomic E-state index is 0.118. The van der Waals surface area contributed by atoms with Gasteiger partial charge >= 0.3 is 5.97 Å². The van der Waals surface area contributed by atoms with E-state index in [0.29, 0.717) is 28.1 Å². The molecule has 1 aliphatic heterocycles. The van der Waals surface area contributed by atoms with Crippen LogP contribution in [0.2, 0.25) is 0 Å². The number of carbonyl (C=O) groups is 4. The van der Waals surface area contributed by atoms with Crippen molar-refractivity contribution in [3.05, 3.63) is 51.9 Å². The molecule has 0 aliphatic carbocycles. The summed E-state index contributed by atoms with van der Waals surface area (Å²) in [5.41, 5.74) is 1.12. The maximum atomic E-state index is 12.3. The van der Waals surface area contributed by atoms with Crippen LogP contribution < -0.4 is 5.32 Å². The monoisotopic (exact) mass is 400 g/mol. The molecule has 2 heterocycles. The highest BCUT2D eigenvalue weighted by molar-refractivity contribution is 7.16. The molecule has 0 saturated carbocycles. The van der Waals surface area contributed by atoms with E-state index in [-0.39, 0.29) is 37.3 Å². The van der Waals surface area contributed by atoms with E-state index in [4.69, 9.17) is 4.74 Å². The van der Waals surface area contributed by atoms with Gasteiger partial charge in [0.2, 0.25) is 5.91 Å². The summed E-state index contributed by atoms with van der Waals surface area (Å²) < 4.78 is 5.00. The van der Waals surface area contributed by atoms with Crippen LogP contribution in [0.25, 0.3) is 0 Å². The fourth-order valence-electron chi connectivity index (χ4n) is 3.00. The fourth-order valence-corrected chi connectivity index (χ4v) is 3.91. The fraction of sp³-hybridized carbons (Fsp3) is 0.300. The molecule has 0 bridgehead atoms. The van der Waals surface area contributed by atoms with Crippen molar-refractivity contribution in [3.8, 4) is 0 Å². The molecule has 0 radical (unpaired) electrons. The van der Waals surface area contributed by atoms with Gasteiger partial charge in [0.25, 0.3) is 11.8 Å². The van der Waals surface area contributed by atoms with E-state index in [1.165, 1.54) is 11.3 Å². The van der Waals surface area contributed by atoms with Crippen LogP contribution in [0.5, 0.6) is 0 Å². The first kappa shape index (κ1) is 19.8. The van der Waals surface area contributed by atoms with E-state index in [0.717, 1.165) is 9.78 Å². The second kappa shape index (κ2) is 8.35. The van der Waals surface area contributed by atoms with Crippen LogP contribution in [0, 0.1) is 6.92 Å². The number of hydrogen-bond donors (Lipinski definition) is 1. The van der Waals surface area contributed by atoms with Crippen molar-refractivity contribution in [1.82, 2.24) is 4.90 Å². The predicted octanol–water partition coefficient (Wildman–Crippen LogP) is 3.25. The minimum Gasteiger partial charge on any atom is -0.462 e. The molecule has 28 heavy (non-hydrogen) atoms. The number of aryl methyl sites for hydroxylation is 1. The van der Waals surface area contributed by atoms with Gasteiger partial charge in [0, 0.05) is 17.8 Å². The van der Waals surface area contributed by atoms with Crippen molar-refractivity contribution in [2.75, 3.05) is 18.5 Å².